The quantitative estimate of drug-likeness (QED) is 0.816. The van der Waals surface area contributed by atoms with E-state index in [2.05, 4.69) is 15.4 Å². The van der Waals surface area contributed by atoms with Crippen LogP contribution in [0.25, 0.3) is 0 Å². The van der Waals surface area contributed by atoms with Gasteiger partial charge in [0.15, 0.2) is 5.11 Å². The Morgan fingerprint density at radius 1 is 1.47 bits per heavy atom. The molecule has 0 atom stereocenters. The van der Waals surface area contributed by atoms with E-state index in [0.29, 0.717) is 17.3 Å². The Morgan fingerprint density at radius 2 is 2.18 bits per heavy atom. The molecule has 0 spiro atoms. The number of anilines is 1. The second kappa shape index (κ2) is 6.34. The van der Waals surface area contributed by atoms with Crippen LogP contribution in [0.3, 0.4) is 0 Å². The molecule has 1 aromatic rings. The number of hydrogen-bond acceptors (Lipinski definition) is 2. The maximum absolute atomic E-state index is 12.2. The summed E-state index contributed by atoms with van der Waals surface area (Å²) in [6.07, 6.45) is 0. The number of rotatable bonds is 4. The molecule has 0 amide bonds. The van der Waals surface area contributed by atoms with E-state index in [4.69, 9.17) is 12.2 Å². The van der Waals surface area contributed by atoms with Crippen LogP contribution in [0.15, 0.2) is 18.2 Å². The average molecular weight is 260 g/mol. The van der Waals surface area contributed by atoms with E-state index in [9.17, 15) is 8.78 Å². The van der Waals surface area contributed by atoms with Crippen LogP contribution in [0.5, 0.6) is 5.75 Å². The summed E-state index contributed by atoms with van der Waals surface area (Å²) < 4.78 is 28.9. The molecule has 1 aromatic carbocycles. The van der Waals surface area contributed by atoms with Crippen LogP contribution in [0, 0.1) is 6.92 Å². The average Bonchev–Trinajstić information content (AvgIpc) is 2.21. The molecule has 0 saturated carbocycles. The van der Waals surface area contributed by atoms with E-state index < -0.39 is 6.61 Å². The molecule has 0 saturated heterocycles. The molecule has 6 heteroatoms. The van der Waals surface area contributed by atoms with Gasteiger partial charge in [0.2, 0.25) is 0 Å². The van der Waals surface area contributed by atoms with Gasteiger partial charge < -0.3 is 15.4 Å². The van der Waals surface area contributed by atoms with Crippen molar-refractivity contribution in [2.75, 3.05) is 11.9 Å². The molecule has 0 aliphatic rings. The molecule has 94 valence electrons. The first-order valence-corrected chi connectivity index (χ1v) is 5.54. The number of aryl methyl sites for hydroxylation is 1. The third kappa shape index (κ3) is 4.52. The van der Waals surface area contributed by atoms with Crippen molar-refractivity contribution < 1.29 is 13.5 Å². The molecule has 0 radical (unpaired) electrons. The highest BCUT2D eigenvalue weighted by Gasteiger charge is 2.10. The maximum atomic E-state index is 12.2. The Bertz CT molecular complexity index is 399. The number of halogens is 2. The molecule has 0 aliphatic heterocycles. The summed E-state index contributed by atoms with van der Waals surface area (Å²) in [5.74, 6) is 0.0836. The van der Waals surface area contributed by atoms with Crippen LogP contribution in [-0.4, -0.2) is 18.3 Å². The smallest absolute Gasteiger partial charge is 0.387 e. The number of benzene rings is 1. The lowest BCUT2D eigenvalue weighted by Gasteiger charge is -2.14. The molecular formula is C11H14F2N2OS. The van der Waals surface area contributed by atoms with E-state index in [-0.39, 0.29) is 5.75 Å². The first-order chi connectivity index (χ1) is 8.02. The van der Waals surface area contributed by atoms with Gasteiger partial charge in [0.1, 0.15) is 5.75 Å². The fourth-order valence-electron chi connectivity index (χ4n) is 1.25. The molecule has 0 aromatic heterocycles. The van der Waals surface area contributed by atoms with Crippen LogP contribution in [0.4, 0.5) is 14.5 Å². The lowest BCUT2D eigenvalue weighted by molar-refractivity contribution is -0.0493. The zero-order valence-corrected chi connectivity index (χ0v) is 10.4. The lowest BCUT2D eigenvalue weighted by atomic mass is 10.2. The Morgan fingerprint density at radius 3 is 2.76 bits per heavy atom. The Hall–Kier alpha value is -1.43. The van der Waals surface area contributed by atoms with Gasteiger partial charge in [-0.05, 0) is 43.8 Å². The van der Waals surface area contributed by atoms with Crippen molar-refractivity contribution in [2.45, 2.75) is 20.5 Å². The van der Waals surface area contributed by atoms with Crippen molar-refractivity contribution in [2.24, 2.45) is 0 Å². The van der Waals surface area contributed by atoms with E-state index in [1.54, 1.807) is 19.1 Å². The number of thiocarbonyl (C=S) groups is 1. The van der Waals surface area contributed by atoms with Crippen molar-refractivity contribution >= 4 is 23.0 Å². The second-order valence-electron chi connectivity index (χ2n) is 3.36. The summed E-state index contributed by atoms with van der Waals surface area (Å²) in [6, 6.07) is 4.97. The predicted octanol–water partition coefficient (Wildman–Crippen LogP) is 2.90. The minimum atomic E-state index is -2.86. The van der Waals surface area contributed by atoms with E-state index >= 15 is 0 Å². The molecule has 0 unspecified atom stereocenters. The molecule has 17 heavy (non-hydrogen) atoms. The van der Waals surface area contributed by atoms with E-state index in [1.165, 1.54) is 6.07 Å². The number of ether oxygens (including phenoxy) is 1. The van der Waals surface area contributed by atoms with E-state index in [0.717, 1.165) is 5.56 Å². The van der Waals surface area contributed by atoms with Gasteiger partial charge in [0.05, 0.1) is 5.69 Å². The highest BCUT2D eigenvalue weighted by Crippen LogP contribution is 2.27. The summed E-state index contributed by atoms with van der Waals surface area (Å²) in [6.45, 7) is 1.48. The van der Waals surface area contributed by atoms with Crippen molar-refractivity contribution in [3.05, 3.63) is 23.8 Å². The molecule has 2 N–H and O–H groups in total. The first-order valence-electron chi connectivity index (χ1n) is 5.13. The second-order valence-corrected chi connectivity index (χ2v) is 3.77. The van der Waals surface area contributed by atoms with Gasteiger partial charge in [-0.1, -0.05) is 6.07 Å². The van der Waals surface area contributed by atoms with Crippen molar-refractivity contribution in [3.63, 3.8) is 0 Å². The normalized spacial score (nSPS) is 10.2. The van der Waals surface area contributed by atoms with Crippen molar-refractivity contribution in [3.8, 4) is 5.75 Å². The van der Waals surface area contributed by atoms with Gasteiger partial charge in [0.25, 0.3) is 0 Å². The Balaban J connectivity index is 2.86. The largest absolute Gasteiger partial charge is 0.433 e. The fourth-order valence-corrected chi connectivity index (χ4v) is 1.51. The minimum Gasteiger partial charge on any atom is -0.433 e. The lowest BCUT2D eigenvalue weighted by Crippen LogP contribution is -2.28. The van der Waals surface area contributed by atoms with Crippen LogP contribution in [0.2, 0.25) is 0 Å². The highest BCUT2D eigenvalue weighted by molar-refractivity contribution is 7.80. The molecule has 1 rings (SSSR count). The summed E-state index contributed by atoms with van der Waals surface area (Å²) in [4.78, 5) is 0. The van der Waals surface area contributed by atoms with Crippen LogP contribution >= 0.6 is 12.2 Å². The highest BCUT2D eigenvalue weighted by atomic mass is 32.1. The Labute approximate surface area is 104 Å². The molecule has 0 heterocycles. The minimum absolute atomic E-state index is 0.0836. The SMILES string of the molecule is CCNC(=S)Nc1ccc(C)cc1OC(F)F. The topological polar surface area (TPSA) is 33.3 Å². The molecule has 0 bridgehead atoms. The standard InChI is InChI=1S/C11H14F2N2OS/c1-3-14-11(17)15-8-5-4-7(2)6-9(8)16-10(12)13/h4-6,10H,3H2,1-2H3,(H2,14,15,17). The molecule has 0 aliphatic carbocycles. The van der Waals surface area contributed by atoms with Crippen molar-refractivity contribution in [1.29, 1.82) is 0 Å². The molecular weight excluding hydrogens is 246 g/mol. The Kier molecular flexibility index (Phi) is 5.09. The monoisotopic (exact) mass is 260 g/mol. The predicted molar refractivity (Wildman–Crippen MR) is 67.7 cm³/mol. The van der Waals surface area contributed by atoms with Gasteiger partial charge in [-0.2, -0.15) is 8.78 Å². The molecule has 0 fully saturated rings. The third-order valence-electron chi connectivity index (χ3n) is 1.94. The number of nitrogens with one attached hydrogen (secondary N) is 2. The first kappa shape index (κ1) is 13.6. The maximum Gasteiger partial charge on any atom is 0.387 e. The summed E-state index contributed by atoms with van der Waals surface area (Å²) in [7, 11) is 0. The van der Waals surface area contributed by atoms with Crippen molar-refractivity contribution in [1.82, 2.24) is 5.32 Å². The zero-order valence-electron chi connectivity index (χ0n) is 9.59. The van der Waals surface area contributed by atoms with E-state index in [1.807, 2.05) is 6.92 Å². The number of hydrogen-bond donors (Lipinski definition) is 2. The van der Waals surface area contributed by atoms with Gasteiger partial charge in [0, 0.05) is 6.54 Å². The zero-order chi connectivity index (χ0) is 12.8. The summed E-state index contributed by atoms with van der Waals surface area (Å²) in [5.41, 5.74) is 1.25. The van der Waals surface area contributed by atoms with Crippen LogP contribution in [0.1, 0.15) is 12.5 Å². The third-order valence-corrected chi connectivity index (χ3v) is 2.19. The van der Waals surface area contributed by atoms with Gasteiger partial charge in [-0.3, -0.25) is 0 Å². The van der Waals surface area contributed by atoms with Crippen LogP contribution in [-0.2, 0) is 0 Å². The summed E-state index contributed by atoms with van der Waals surface area (Å²) in [5, 5.41) is 6.04. The van der Waals surface area contributed by atoms with Crippen LogP contribution < -0.4 is 15.4 Å². The number of alkyl halides is 2. The fraction of sp³-hybridized carbons (Fsp3) is 0.364. The molecule has 3 nitrogen and oxygen atoms in total. The van der Waals surface area contributed by atoms with Gasteiger partial charge in [-0.15, -0.1) is 0 Å². The summed E-state index contributed by atoms with van der Waals surface area (Å²) >= 11 is 4.98. The van der Waals surface area contributed by atoms with Gasteiger partial charge in [-0.25, -0.2) is 0 Å². The van der Waals surface area contributed by atoms with Gasteiger partial charge >= 0.3 is 6.61 Å².